The van der Waals surface area contributed by atoms with Crippen LogP contribution in [-0.4, -0.2) is 35.8 Å². The maximum absolute atomic E-state index is 11.7. The molecule has 4 nitrogen and oxygen atoms in total. The van der Waals surface area contributed by atoms with Crippen molar-refractivity contribution in [3.8, 4) is 0 Å². The Bertz CT molecular complexity index is 290. The molecule has 2 amide bonds. The Balaban J connectivity index is 2.03. The number of nitrogens with one attached hydrogen (secondary N) is 1. The summed E-state index contributed by atoms with van der Waals surface area (Å²) in [6.45, 7) is 5.09. The summed E-state index contributed by atoms with van der Waals surface area (Å²) in [4.78, 5) is 25.0. The van der Waals surface area contributed by atoms with Crippen LogP contribution in [0.1, 0.15) is 26.7 Å². The van der Waals surface area contributed by atoms with Gasteiger partial charge in [-0.1, -0.05) is 13.8 Å². The SMILES string of the molecule is CCC1C(=O)NCC(=O)N1CC1CC1C. The molecule has 4 heteroatoms. The van der Waals surface area contributed by atoms with Gasteiger partial charge in [-0.15, -0.1) is 0 Å². The molecule has 1 saturated carbocycles. The molecule has 1 heterocycles. The first kappa shape index (κ1) is 10.5. The van der Waals surface area contributed by atoms with Crippen LogP contribution in [-0.2, 0) is 9.59 Å². The lowest BCUT2D eigenvalue weighted by Crippen LogP contribution is -2.58. The van der Waals surface area contributed by atoms with Gasteiger partial charge in [-0.25, -0.2) is 0 Å². The summed E-state index contributed by atoms with van der Waals surface area (Å²) < 4.78 is 0. The number of hydrogen-bond acceptors (Lipinski definition) is 2. The van der Waals surface area contributed by atoms with Crippen LogP contribution in [0, 0.1) is 11.8 Å². The van der Waals surface area contributed by atoms with E-state index in [4.69, 9.17) is 0 Å². The molecule has 1 aliphatic heterocycles. The van der Waals surface area contributed by atoms with Crippen LogP contribution < -0.4 is 5.32 Å². The molecule has 2 fully saturated rings. The van der Waals surface area contributed by atoms with Gasteiger partial charge >= 0.3 is 0 Å². The molecule has 1 aliphatic carbocycles. The summed E-state index contributed by atoms with van der Waals surface area (Å²) in [6, 6.07) is -0.237. The van der Waals surface area contributed by atoms with Crippen LogP contribution in [0.25, 0.3) is 0 Å². The number of piperazine rings is 1. The van der Waals surface area contributed by atoms with E-state index in [2.05, 4.69) is 12.2 Å². The van der Waals surface area contributed by atoms with E-state index in [9.17, 15) is 9.59 Å². The van der Waals surface area contributed by atoms with Gasteiger partial charge in [0, 0.05) is 6.54 Å². The van der Waals surface area contributed by atoms with E-state index in [1.54, 1.807) is 4.90 Å². The smallest absolute Gasteiger partial charge is 0.243 e. The highest BCUT2D eigenvalue weighted by atomic mass is 16.2. The highest BCUT2D eigenvalue weighted by Gasteiger charge is 2.40. The molecule has 3 unspecified atom stereocenters. The second-order valence-electron chi connectivity index (χ2n) is 4.66. The van der Waals surface area contributed by atoms with E-state index < -0.39 is 0 Å². The molecule has 0 aromatic rings. The van der Waals surface area contributed by atoms with Crippen LogP contribution in [0.2, 0.25) is 0 Å². The van der Waals surface area contributed by atoms with Gasteiger partial charge in [-0.2, -0.15) is 0 Å². The number of carbonyl (C=O) groups is 2. The molecule has 0 spiro atoms. The number of nitrogens with zero attached hydrogens (tertiary/aromatic N) is 1. The van der Waals surface area contributed by atoms with E-state index in [0.717, 1.165) is 12.5 Å². The summed E-state index contributed by atoms with van der Waals surface area (Å²) in [5, 5.41) is 2.64. The Labute approximate surface area is 90.0 Å². The molecule has 0 aromatic heterocycles. The minimum atomic E-state index is -0.237. The fourth-order valence-electron chi connectivity index (χ4n) is 2.24. The Morgan fingerprint density at radius 2 is 2.13 bits per heavy atom. The molecule has 1 N–H and O–H groups in total. The average Bonchev–Trinajstić information content (AvgIpc) is 2.89. The van der Waals surface area contributed by atoms with Crippen LogP contribution in [0.15, 0.2) is 0 Å². The van der Waals surface area contributed by atoms with E-state index in [1.165, 1.54) is 6.42 Å². The quantitative estimate of drug-likeness (QED) is 0.732. The first-order chi connectivity index (χ1) is 7.13. The molecule has 3 atom stereocenters. The maximum atomic E-state index is 11.7. The third-order valence-electron chi connectivity index (χ3n) is 3.51. The third kappa shape index (κ3) is 1.98. The molecule has 15 heavy (non-hydrogen) atoms. The minimum absolute atomic E-state index is 0.00500. The summed E-state index contributed by atoms with van der Waals surface area (Å²) in [5.74, 6) is 1.42. The Kier molecular flexibility index (Phi) is 2.67. The van der Waals surface area contributed by atoms with Crippen LogP contribution in [0.5, 0.6) is 0 Å². The van der Waals surface area contributed by atoms with Crippen molar-refractivity contribution < 1.29 is 9.59 Å². The summed E-state index contributed by atoms with van der Waals surface area (Å²) in [6.07, 6.45) is 1.90. The van der Waals surface area contributed by atoms with Gasteiger partial charge in [-0.3, -0.25) is 9.59 Å². The second-order valence-corrected chi connectivity index (χ2v) is 4.66. The standard InChI is InChI=1S/C11H18N2O2/c1-3-9-11(15)12-5-10(14)13(9)6-8-4-7(8)2/h7-9H,3-6H2,1-2H3,(H,12,15). The van der Waals surface area contributed by atoms with E-state index in [1.807, 2.05) is 6.92 Å². The van der Waals surface area contributed by atoms with Crippen LogP contribution in [0.4, 0.5) is 0 Å². The van der Waals surface area contributed by atoms with Crippen LogP contribution in [0.3, 0.4) is 0 Å². The lowest BCUT2D eigenvalue weighted by molar-refractivity contribution is -0.146. The monoisotopic (exact) mass is 210 g/mol. The number of carbonyl (C=O) groups excluding carboxylic acids is 2. The number of amides is 2. The van der Waals surface area contributed by atoms with Crippen molar-refractivity contribution in [3.05, 3.63) is 0 Å². The lowest BCUT2D eigenvalue weighted by Gasteiger charge is -2.34. The fraction of sp³-hybridized carbons (Fsp3) is 0.818. The maximum Gasteiger partial charge on any atom is 0.243 e. The largest absolute Gasteiger partial charge is 0.345 e. The molecular formula is C11H18N2O2. The zero-order valence-electron chi connectivity index (χ0n) is 9.32. The predicted molar refractivity (Wildman–Crippen MR) is 56.1 cm³/mol. The average molecular weight is 210 g/mol. The first-order valence-electron chi connectivity index (χ1n) is 5.70. The Hall–Kier alpha value is -1.06. The lowest BCUT2D eigenvalue weighted by atomic mass is 10.1. The van der Waals surface area contributed by atoms with Crippen molar-refractivity contribution in [2.24, 2.45) is 11.8 Å². The highest BCUT2D eigenvalue weighted by molar-refractivity contribution is 5.94. The molecule has 0 radical (unpaired) electrons. The van der Waals surface area contributed by atoms with Crippen molar-refractivity contribution in [3.63, 3.8) is 0 Å². The number of hydrogen-bond donors (Lipinski definition) is 1. The molecule has 2 aliphatic rings. The third-order valence-corrected chi connectivity index (χ3v) is 3.51. The molecular weight excluding hydrogens is 192 g/mol. The van der Waals surface area contributed by atoms with Gasteiger partial charge in [0.25, 0.3) is 0 Å². The predicted octanol–water partition coefficient (Wildman–Crippen LogP) is 0.379. The summed E-state index contributed by atoms with van der Waals surface area (Å²) >= 11 is 0. The van der Waals surface area contributed by atoms with E-state index >= 15 is 0 Å². The van der Waals surface area contributed by atoms with Gasteiger partial charge in [0.1, 0.15) is 6.04 Å². The molecule has 0 bridgehead atoms. The minimum Gasteiger partial charge on any atom is -0.345 e. The number of rotatable bonds is 3. The highest BCUT2D eigenvalue weighted by Crippen LogP contribution is 2.38. The molecule has 1 saturated heterocycles. The first-order valence-corrected chi connectivity index (χ1v) is 5.70. The van der Waals surface area contributed by atoms with Gasteiger partial charge in [-0.05, 0) is 24.7 Å². The molecule has 0 aromatic carbocycles. The van der Waals surface area contributed by atoms with Gasteiger partial charge in [0.05, 0.1) is 6.54 Å². The van der Waals surface area contributed by atoms with Gasteiger partial charge in [0.2, 0.25) is 11.8 Å². The van der Waals surface area contributed by atoms with Crippen molar-refractivity contribution in [1.82, 2.24) is 10.2 Å². The van der Waals surface area contributed by atoms with Crippen molar-refractivity contribution in [1.29, 1.82) is 0 Å². The molecule has 84 valence electrons. The van der Waals surface area contributed by atoms with Gasteiger partial charge in [0.15, 0.2) is 0 Å². The van der Waals surface area contributed by atoms with Gasteiger partial charge < -0.3 is 10.2 Å². The summed E-state index contributed by atoms with van der Waals surface area (Å²) in [5.41, 5.74) is 0. The van der Waals surface area contributed by atoms with Crippen molar-refractivity contribution in [2.45, 2.75) is 32.7 Å². The van der Waals surface area contributed by atoms with Crippen molar-refractivity contribution in [2.75, 3.05) is 13.1 Å². The van der Waals surface area contributed by atoms with Crippen LogP contribution >= 0.6 is 0 Å². The summed E-state index contributed by atoms with van der Waals surface area (Å²) in [7, 11) is 0. The zero-order valence-corrected chi connectivity index (χ0v) is 9.32. The topological polar surface area (TPSA) is 49.4 Å². The second kappa shape index (κ2) is 3.83. The normalized spacial score (nSPS) is 35.3. The van der Waals surface area contributed by atoms with Crippen molar-refractivity contribution >= 4 is 11.8 Å². The Morgan fingerprint density at radius 1 is 1.47 bits per heavy atom. The Morgan fingerprint density at radius 3 is 2.67 bits per heavy atom. The fourth-order valence-corrected chi connectivity index (χ4v) is 2.24. The van der Waals surface area contributed by atoms with E-state index in [0.29, 0.717) is 12.3 Å². The zero-order chi connectivity index (χ0) is 11.0. The van der Waals surface area contributed by atoms with E-state index in [-0.39, 0.29) is 24.4 Å². The molecule has 2 rings (SSSR count).